The maximum absolute atomic E-state index is 12.1. The minimum absolute atomic E-state index is 0.00477. The minimum Gasteiger partial charge on any atom is -0.467 e. The Morgan fingerprint density at radius 2 is 1.48 bits per heavy atom. The van der Waals surface area contributed by atoms with E-state index in [9.17, 15) is 14.7 Å². The van der Waals surface area contributed by atoms with Crippen molar-refractivity contribution >= 4 is 46.8 Å². The van der Waals surface area contributed by atoms with Crippen LogP contribution in [0.3, 0.4) is 0 Å². The number of Topliss-reactive ketones (excluding diaryl/α,β-unsaturated/α-hetero) is 1. The zero-order chi connectivity index (χ0) is 33.3. The number of rotatable bonds is 10. The molecule has 0 aliphatic rings. The fourth-order valence-electron chi connectivity index (χ4n) is 4.20. The molecule has 0 atom stereocenters. The third-order valence-corrected chi connectivity index (χ3v) is 6.58. The number of carbonyl (C=O) groups excluding carboxylic acids is 2. The van der Waals surface area contributed by atoms with Crippen LogP contribution in [0.15, 0.2) is 27.6 Å². The van der Waals surface area contributed by atoms with E-state index in [1.54, 1.807) is 27.9 Å². The number of hydrogen-bond donors (Lipinski definition) is 3. The Morgan fingerprint density at radius 3 is 2.09 bits per heavy atom. The number of ketones is 1. The predicted molar refractivity (Wildman–Crippen MR) is 160 cm³/mol. The van der Waals surface area contributed by atoms with Crippen molar-refractivity contribution in [2.24, 2.45) is 29.3 Å². The SMILES string of the molecule is COC(=O)c1cnn(C)c1/C=N/c1c(C)nn(-c2nc(OC)nc(-n3nc(C)c(/N=N/c4c(C(=O)CO)cnn4C)c3N)n2)c1N. The molecule has 238 valence electrons. The van der Waals surface area contributed by atoms with Gasteiger partial charge < -0.3 is 26.0 Å². The smallest absolute Gasteiger partial charge is 0.341 e. The lowest BCUT2D eigenvalue weighted by Crippen LogP contribution is -2.14. The van der Waals surface area contributed by atoms with Crippen molar-refractivity contribution in [3.8, 4) is 17.9 Å². The van der Waals surface area contributed by atoms with Crippen molar-refractivity contribution in [2.45, 2.75) is 13.8 Å². The highest BCUT2D eigenvalue weighted by Gasteiger charge is 2.23. The summed E-state index contributed by atoms with van der Waals surface area (Å²) < 4.78 is 15.3. The van der Waals surface area contributed by atoms with Crippen LogP contribution in [0.5, 0.6) is 6.01 Å². The van der Waals surface area contributed by atoms with Crippen LogP contribution in [0, 0.1) is 13.8 Å². The van der Waals surface area contributed by atoms with E-state index in [2.05, 4.69) is 50.6 Å². The zero-order valence-electron chi connectivity index (χ0n) is 25.4. The Balaban J connectivity index is 1.53. The normalized spacial score (nSPS) is 11.6. The molecule has 0 unspecified atom stereocenters. The lowest BCUT2D eigenvalue weighted by molar-refractivity contribution is 0.0600. The quantitative estimate of drug-likeness (QED) is 0.0824. The Morgan fingerprint density at radius 1 is 0.891 bits per heavy atom. The van der Waals surface area contributed by atoms with E-state index in [1.807, 2.05) is 0 Å². The number of azo groups is 1. The van der Waals surface area contributed by atoms with Crippen LogP contribution >= 0.6 is 0 Å². The van der Waals surface area contributed by atoms with Crippen molar-refractivity contribution in [2.75, 3.05) is 32.3 Å². The topological polar surface area (TPSA) is 272 Å². The van der Waals surface area contributed by atoms with Crippen LogP contribution in [0.25, 0.3) is 11.9 Å². The second-order valence-electron chi connectivity index (χ2n) is 9.49. The highest BCUT2D eigenvalue weighted by atomic mass is 16.5. The summed E-state index contributed by atoms with van der Waals surface area (Å²) in [7, 11) is 5.85. The summed E-state index contributed by atoms with van der Waals surface area (Å²) in [5.41, 5.74) is 14.7. The van der Waals surface area contributed by atoms with Gasteiger partial charge >= 0.3 is 12.0 Å². The molecule has 5 rings (SSSR count). The standard InChI is InChI=1S/C25H28N16O5/c1-11-17(28-9-15-13(22(44)45-5)7-29-38(15)3)19(26)40(36-11)23-31-24(33-25(32-23)46-6)41-20(27)18(12(2)37-41)34-35-21-14(16(43)10-42)8-30-39(21)4/h7-9,42H,10,26-27H2,1-6H3/b28-9+,35-34+. The third-order valence-electron chi connectivity index (χ3n) is 6.58. The van der Waals surface area contributed by atoms with E-state index >= 15 is 0 Å². The number of aromatic nitrogens is 11. The molecular weight excluding hydrogens is 604 g/mol. The maximum atomic E-state index is 12.1. The molecule has 21 nitrogen and oxygen atoms in total. The number of nitrogen functional groups attached to an aromatic ring is 2. The molecule has 0 spiro atoms. The Hall–Kier alpha value is -6.38. The van der Waals surface area contributed by atoms with Crippen LogP contribution in [0.2, 0.25) is 0 Å². The second-order valence-corrected chi connectivity index (χ2v) is 9.49. The number of carbonyl (C=O) groups is 2. The monoisotopic (exact) mass is 632 g/mol. The molecule has 0 radical (unpaired) electrons. The number of nitrogens with two attached hydrogens (primary N) is 2. The number of ether oxygens (including phenoxy) is 2. The molecule has 46 heavy (non-hydrogen) atoms. The van der Waals surface area contributed by atoms with Crippen LogP contribution in [0.4, 0.5) is 28.8 Å². The van der Waals surface area contributed by atoms with Gasteiger partial charge in [-0.25, -0.2) is 14.5 Å². The number of esters is 1. The molecule has 21 heteroatoms. The molecule has 5 aromatic rings. The fourth-order valence-corrected chi connectivity index (χ4v) is 4.20. The number of anilines is 2. The fraction of sp³-hybridized carbons (Fsp3) is 0.280. The lowest BCUT2D eigenvalue weighted by atomic mass is 10.2. The van der Waals surface area contributed by atoms with E-state index in [-0.39, 0.29) is 57.9 Å². The minimum atomic E-state index is -0.717. The van der Waals surface area contributed by atoms with Gasteiger partial charge in [-0.3, -0.25) is 9.48 Å². The maximum Gasteiger partial charge on any atom is 0.341 e. The van der Waals surface area contributed by atoms with Gasteiger partial charge in [-0.15, -0.1) is 10.2 Å². The van der Waals surface area contributed by atoms with Gasteiger partial charge in [0.1, 0.15) is 17.9 Å². The van der Waals surface area contributed by atoms with Crippen molar-refractivity contribution in [3.05, 3.63) is 40.6 Å². The number of methoxy groups -OCH3 is 2. The first-order valence-corrected chi connectivity index (χ1v) is 13.2. The lowest BCUT2D eigenvalue weighted by Gasteiger charge is -2.08. The first-order chi connectivity index (χ1) is 22.0. The molecular formula is C25H28N16O5. The number of aliphatic imine (C=N–C) groups is 1. The molecule has 0 aliphatic heterocycles. The summed E-state index contributed by atoms with van der Waals surface area (Å²) >= 11 is 0. The molecule has 5 heterocycles. The summed E-state index contributed by atoms with van der Waals surface area (Å²) in [6.45, 7) is 2.60. The summed E-state index contributed by atoms with van der Waals surface area (Å²) in [6.07, 6.45) is 4.07. The van der Waals surface area contributed by atoms with Gasteiger partial charge in [0.15, 0.2) is 28.9 Å². The van der Waals surface area contributed by atoms with E-state index in [0.29, 0.717) is 17.1 Å². The van der Waals surface area contributed by atoms with Crippen LogP contribution < -0.4 is 16.2 Å². The summed E-state index contributed by atoms with van der Waals surface area (Å²) in [5, 5.41) is 34.5. The highest BCUT2D eigenvalue weighted by molar-refractivity contribution is 6.00. The van der Waals surface area contributed by atoms with Crippen molar-refractivity contribution in [1.29, 1.82) is 0 Å². The van der Waals surface area contributed by atoms with E-state index in [0.717, 1.165) is 0 Å². The molecule has 5 N–H and O–H groups in total. The number of aliphatic hydroxyl groups excluding tert-OH is 1. The van der Waals surface area contributed by atoms with Gasteiger partial charge in [0.25, 0.3) is 11.9 Å². The third kappa shape index (κ3) is 5.52. The van der Waals surface area contributed by atoms with Gasteiger partial charge in [-0.05, 0) is 13.8 Å². The molecule has 0 aliphatic carbocycles. The Kier molecular flexibility index (Phi) is 8.31. The second kappa shape index (κ2) is 12.3. The average Bonchev–Trinajstić information content (AvgIpc) is 3.77. The van der Waals surface area contributed by atoms with Crippen molar-refractivity contribution in [1.82, 2.24) is 54.1 Å². The van der Waals surface area contributed by atoms with Crippen molar-refractivity contribution in [3.63, 3.8) is 0 Å². The molecule has 0 amide bonds. The molecule has 5 aromatic heterocycles. The number of aryl methyl sites for hydroxylation is 4. The molecule has 0 saturated carbocycles. The van der Waals surface area contributed by atoms with Crippen LogP contribution in [-0.4, -0.2) is 98.0 Å². The van der Waals surface area contributed by atoms with Crippen LogP contribution in [-0.2, 0) is 18.8 Å². The first kappa shape index (κ1) is 31.1. The molecule has 0 aromatic carbocycles. The van der Waals surface area contributed by atoms with Gasteiger partial charge in [0.2, 0.25) is 0 Å². The highest BCUT2D eigenvalue weighted by Crippen LogP contribution is 2.32. The molecule has 0 saturated heterocycles. The number of hydrogen-bond acceptors (Lipinski definition) is 17. The Labute approximate surface area is 259 Å². The number of nitrogens with zero attached hydrogens (tertiary/aromatic N) is 14. The molecule has 0 fully saturated rings. The summed E-state index contributed by atoms with van der Waals surface area (Å²) in [5.74, 6) is -1.06. The van der Waals surface area contributed by atoms with Gasteiger partial charge in [0.05, 0.1) is 55.5 Å². The zero-order valence-corrected chi connectivity index (χ0v) is 25.4. The largest absolute Gasteiger partial charge is 0.467 e. The van der Waals surface area contributed by atoms with Gasteiger partial charge in [-0.1, -0.05) is 0 Å². The number of aliphatic hydroxyl groups is 1. The predicted octanol–water partition coefficient (Wildman–Crippen LogP) is 0.627. The van der Waals surface area contributed by atoms with Gasteiger partial charge in [-0.2, -0.15) is 44.7 Å². The first-order valence-electron chi connectivity index (χ1n) is 13.2. The van der Waals surface area contributed by atoms with E-state index in [1.165, 1.54) is 51.6 Å². The van der Waals surface area contributed by atoms with Gasteiger partial charge in [0, 0.05) is 14.1 Å². The van der Waals surface area contributed by atoms with E-state index < -0.39 is 18.4 Å². The average molecular weight is 633 g/mol. The summed E-state index contributed by atoms with van der Waals surface area (Å²) in [6, 6.07) is -0.104. The van der Waals surface area contributed by atoms with Crippen molar-refractivity contribution < 1.29 is 24.2 Å². The van der Waals surface area contributed by atoms with Crippen LogP contribution in [0.1, 0.15) is 37.8 Å². The van der Waals surface area contributed by atoms with E-state index in [4.69, 9.17) is 20.9 Å². The summed E-state index contributed by atoms with van der Waals surface area (Å²) in [4.78, 5) is 41.6. The Bertz CT molecular complexity index is 1890. The molecule has 0 bridgehead atoms.